The zero-order valence-electron chi connectivity index (χ0n) is 16.9. The van der Waals surface area contributed by atoms with Crippen LogP contribution in [0, 0.1) is 5.82 Å². The van der Waals surface area contributed by atoms with Gasteiger partial charge in [-0.2, -0.15) is 0 Å². The Labute approximate surface area is 182 Å². The van der Waals surface area contributed by atoms with E-state index in [1.54, 1.807) is 12.1 Å². The quantitative estimate of drug-likeness (QED) is 0.459. The molecule has 5 heteroatoms. The molecule has 0 saturated carbocycles. The van der Waals surface area contributed by atoms with Crippen molar-refractivity contribution >= 4 is 23.0 Å². The molecule has 1 saturated heterocycles. The number of piperidine rings is 1. The zero-order valence-corrected chi connectivity index (χ0v) is 17.7. The Morgan fingerprint density at radius 2 is 1.77 bits per heavy atom. The number of ether oxygens (including phenoxy) is 1. The Morgan fingerprint density at radius 1 is 0.933 bits per heavy atom. The van der Waals surface area contributed by atoms with Gasteiger partial charge in [0.05, 0.1) is 10.7 Å². The van der Waals surface area contributed by atoms with Crippen molar-refractivity contribution in [3.8, 4) is 5.75 Å². The Hall–Kier alpha value is -2.72. The second kappa shape index (κ2) is 9.86. The summed E-state index contributed by atoms with van der Waals surface area (Å²) in [6, 6.07) is 20.7. The van der Waals surface area contributed by atoms with Crippen molar-refractivity contribution in [1.82, 2.24) is 0 Å². The molecule has 4 rings (SSSR count). The van der Waals surface area contributed by atoms with E-state index < -0.39 is 0 Å². The van der Waals surface area contributed by atoms with E-state index in [4.69, 9.17) is 16.3 Å². The van der Waals surface area contributed by atoms with Gasteiger partial charge in [0.25, 0.3) is 0 Å². The molecular formula is C25H26ClFN2O. The van der Waals surface area contributed by atoms with Gasteiger partial charge in [-0.05, 0) is 61.2 Å². The first-order valence-corrected chi connectivity index (χ1v) is 10.8. The molecule has 156 valence electrons. The molecule has 1 heterocycles. The first-order chi connectivity index (χ1) is 14.7. The molecule has 0 aromatic heterocycles. The first-order valence-electron chi connectivity index (χ1n) is 10.4. The molecule has 0 bridgehead atoms. The lowest BCUT2D eigenvalue weighted by Gasteiger charge is -2.29. The third-order valence-corrected chi connectivity index (χ3v) is 5.69. The Kier molecular flexibility index (Phi) is 6.75. The van der Waals surface area contributed by atoms with E-state index in [9.17, 15) is 4.39 Å². The number of nitrogens with zero attached hydrogens (tertiary/aromatic N) is 1. The van der Waals surface area contributed by atoms with E-state index in [0.717, 1.165) is 40.8 Å². The van der Waals surface area contributed by atoms with Crippen LogP contribution in [0.4, 0.5) is 15.8 Å². The summed E-state index contributed by atoms with van der Waals surface area (Å²) in [5.41, 5.74) is 3.73. The molecule has 3 aromatic rings. The summed E-state index contributed by atoms with van der Waals surface area (Å²) in [6.07, 6.45) is 3.76. The summed E-state index contributed by atoms with van der Waals surface area (Å²) in [5.74, 6) is 0.469. The number of hydrogen-bond donors (Lipinski definition) is 1. The monoisotopic (exact) mass is 424 g/mol. The molecule has 0 amide bonds. The van der Waals surface area contributed by atoms with Crippen molar-refractivity contribution in [3.05, 3.63) is 88.7 Å². The smallest absolute Gasteiger partial charge is 0.129 e. The van der Waals surface area contributed by atoms with E-state index in [1.165, 1.54) is 25.3 Å². The molecule has 1 aliphatic heterocycles. The van der Waals surface area contributed by atoms with Crippen LogP contribution in [0.5, 0.6) is 5.75 Å². The summed E-state index contributed by atoms with van der Waals surface area (Å²) in [4.78, 5) is 2.37. The van der Waals surface area contributed by atoms with Crippen molar-refractivity contribution in [1.29, 1.82) is 0 Å². The third-order valence-electron chi connectivity index (χ3n) is 5.39. The largest absolute Gasteiger partial charge is 0.489 e. The van der Waals surface area contributed by atoms with Gasteiger partial charge in [0.2, 0.25) is 0 Å². The SMILES string of the molecule is Fc1ccccc1COc1cccc(CNc2ccc(N3CCCCC3)c(Cl)c2)c1. The van der Waals surface area contributed by atoms with Crippen molar-refractivity contribution < 1.29 is 9.13 Å². The van der Waals surface area contributed by atoms with Crippen molar-refractivity contribution in [3.63, 3.8) is 0 Å². The molecule has 30 heavy (non-hydrogen) atoms. The van der Waals surface area contributed by atoms with Gasteiger partial charge in [-0.15, -0.1) is 0 Å². The molecule has 1 N–H and O–H groups in total. The van der Waals surface area contributed by atoms with E-state index >= 15 is 0 Å². The van der Waals surface area contributed by atoms with Gasteiger partial charge in [-0.3, -0.25) is 0 Å². The molecule has 0 radical (unpaired) electrons. The maximum atomic E-state index is 13.8. The number of benzene rings is 3. The fourth-order valence-electron chi connectivity index (χ4n) is 3.73. The molecule has 0 atom stereocenters. The van der Waals surface area contributed by atoms with Gasteiger partial charge in [-0.25, -0.2) is 4.39 Å². The summed E-state index contributed by atoms with van der Waals surface area (Å²) >= 11 is 6.55. The van der Waals surface area contributed by atoms with Crippen molar-refractivity contribution in [2.45, 2.75) is 32.4 Å². The van der Waals surface area contributed by atoms with Gasteiger partial charge in [0.1, 0.15) is 18.2 Å². The minimum atomic E-state index is -0.250. The minimum Gasteiger partial charge on any atom is -0.489 e. The number of rotatable bonds is 7. The standard InChI is InChI=1S/C25H26ClFN2O/c26-23-16-21(11-12-25(23)29-13-4-1-5-14-29)28-17-19-7-6-9-22(15-19)30-18-20-8-2-3-10-24(20)27/h2-3,6-12,15-16,28H,1,4-5,13-14,17-18H2. The summed E-state index contributed by atoms with van der Waals surface area (Å²) in [6.45, 7) is 3.01. The van der Waals surface area contributed by atoms with Crippen molar-refractivity contribution in [2.24, 2.45) is 0 Å². The summed E-state index contributed by atoms with van der Waals surface area (Å²) in [5, 5.41) is 4.20. The third kappa shape index (κ3) is 5.25. The minimum absolute atomic E-state index is 0.205. The van der Waals surface area contributed by atoms with Gasteiger partial charge in [0.15, 0.2) is 0 Å². The highest BCUT2D eigenvalue weighted by atomic mass is 35.5. The Morgan fingerprint density at radius 3 is 2.57 bits per heavy atom. The maximum absolute atomic E-state index is 13.8. The van der Waals surface area contributed by atoms with Crippen molar-refractivity contribution in [2.75, 3.05) is 23.3 Å². The lowest BCUT2D eigenvalue weighted by Crippen LogP contribution is -2.29. The second-order valence-electron chi connectivity index (χ2n) is 7.59. The molecule has 1 aliphatic rings. The van der Waals surface area contributed by atoms with E-state index in [0.29, 0.717) is 12.1 Å². The Balaban J connectivity index is 1.35. The first kappa shape index (κ1) is 20.5. The van der Waals surface area contributed by atoms with Crippen LogP contribution >= 0.6 is 11.6 Å². The van der Waals surface area contributed by atoms with Crippen LogP contribution in [0.1, 0.15) is 30.4 Å². The highest BCUT2D eigenvalue weighted by molar-refractivity contribution is 6.33. The van der Waals surface area contributed by atoms with Crippen LogP contribution in [0.2, 0.25) is 5.02 Å². The number of hydrogen-bond acceptors (Lipinski definition) is 3. The highest BCUT2D eigenvalue weighted by Crippen LogP contribution is 2.31. The van der Waals surface area contributed by atoms with E-state index in [1.807, 2.05) is 36.4 Å². The number of nitrogens with one attached hydrogen (secondary N) is 1. The van der Waals surface area contributed by atoms with Gasteiger partial charge < -0.3 is 15.0 Å². The molecule has 1 fully saturated rings. The van der Waals surface area contributed by atoms with E-state index in [-0.39, 0.29) is 12.4 Å². The fraction of sp³-hybridized carbons (Fsp3) is 0.280. The lowest BCUT2D eigenvalue weighted by atomic mass is 10.1. The normalized spacial score (nSPS) is 13.9. The van der Waals surface area contributed by atoms with Gasteiger partial charge in [0, 0.05) is 30.9 Å². The van der Waals surface area contributed by atoms with Crippen LogP contribution < -0.4 is 15.0 Å². The molecule has 3 nitrogen and oxygen atoms in total. The Bertz CT molecular complexity index is 988. The topological polar surface area (TPSA) is 24.5 Å². The average Bonchev–Trinajstić information content (AvgIpc) is 2.78. The fourth-order valence-corrected chi connectivity index (χ4v) is 4.03. The van der Waals surface area contributed by atoms with Crippen LogP contribution in [0.25, 0.3) is 0 Å². The summed E-state index contributed by atoms with van der Waals surface area (Å²) < 4.78 is 19.5. The van der Waals surface area contributed by atoms with E-state index in [2.05, 4.69) is 22.3 Å². The summed E-state index contributed by atoms with van der Waals surface area (Å²) in [7, 11) is 0. The predicted octanol–water partition coefficient (Wildman–Crippen LogP) is 6.66. The highest BCUT2D eigenvalue weighted by Gasteiger charge is 2.14. The van der Waals surface area contributed by atoms with Gasteiger partial charge >= 0.3 is 0 Å². The number of anilines is 2. The predicted molar refractivity (Wildman–Crippen MR) is 122 cm³/mol. The molecule has 0 aliphatic carbocycles. The van der Waals surface area contributed by atoms with Crippen LogP contribution in [-0.4, -0.2) is 13.1 Å². The average molecular weight is 425 g/mol. The molecule has 0 spiro atoms. The second-order valence-corrected chi connectivity index (χ2v) is 8.00. The molecular weight excluding hydrogens is 399 g/mol. The van der Waals surface area contributed by atoms with Crippen LogP contribution in [0.3, 0.4) is 0 Å². The van der Waals surface area contributed by atoms with Crippen LogP contribution in [-0.2, 0) is 13.2 Å². The lowest BCUT2D eigenvalue weighted by molar-refractivity contribution is 0.299. The molecule has 3 aromatic carbocycles. The molecule has 0 unspecified atom stereocenters. The zero-order chi connectivity index (χ0) is 20.8. The number of halogens is 2. The maximum Gasteiger partial charge on any atom is 0.129 e. The van der Waals surface area contributed by atoms with Crippen LogP contribution in [0.15, 0.2) is 66.7 Å². The van der Waals surface area contributed by atoms with Gasteiger partial charge in [-0.1, -0.05) is 41.9 Å².